The summed E-state index contributed by atoms with van der Waals surface area (Å²) in [4.78, 5) is 2.34. The molecule has 0 aliphatic rings. The van der Waals surface area contributed by atoms with Gasteiger partial charge in [-0.1, -0.05) is 140 Å². The average molecular weight is 729 g/mol. The molecule has 0 saturated heterocycles. The van der Waals surface area contributed by atoms with E-state index in [0.29, 0.717) is 0 Å². The van der Waals surface area contributed by atoms with E-state index in [1.165, 1.54) is 38.5 Å². The zero-order valence-electron chi connectivity index (χ0n) is 31.1. The molecule has 0 atom stereocenters. The lowest BCUT2D eigenvalue weighted by molar-refractivity contribution is 0.670. The van der Waals surface area contributed by atoms with E-state index >= 15 is 0 Å². The zero-order chi connectivity index (χ0) is 37.7. The van der Waals surface area contributed by atoms with E-state index in [1.807, 2.05) is 6.07 Å². The van der Waals surface area contributed by atoms with E-state index in [2.05, 4.69) is 222 Å². The fourth-order valence-electron chi connectivity index (χ4n) is 8.46. The molecule has 0 fully saturated rings. The summed E-state index contributed by atoms with van der Waals surface area (Å²) in [6, 6.07) is 78.0. The number of fused-ring (bicyclic) bond motifs is 6. The molecular formula is C54H36N2O. The molecule has 0 N–H and O–H groups in total. The molecule has 9 aromatic carbocycles. The first-order chi connectivity index (χ1) is 28.3. The van der Waals surface area contributed by atoms with Gasteiger partial charge >= 0.3 is 0 Å². The second-order valence-electron chi connectivity index (χ2n) is 14.5. The van der Waals surface area contributed by atoms with Crippen LogP contribution in [0.2, 0.25) is 0 Å². The van der Waals surface area contributed by atoms with Gasteiger partial charge in [-0.15, -0.1) is 0 Å². The Morgan fingerprint density at radius 1 is 0.333 bits per heavy atom. The van der Waals surface area contributed by atoms with Gasteiger partial charge in [-0.2, -0.15) is 0 Å². The summed E-state index contributed by atoms with van der Waals surface area (Å²) in [7, 11) is 0. The molecule has 0 bridgehead atoms. The number of anilines is 3. The Balaban J connectivity index is 1.03. The minimum absolute atomic E-state index is 0.894. The maximum atomic E-state index is 6.58. The first-order valence-corrected chi connectivity index (χ1v) is 19.4. The molecule has 3 heteroatoms. The van der Waals surface area contributed by atoms with Crippen molar-refractivity contribution >= 4 is 60.8 Å². The predicted molar refractivity (Wildman–Crippen MR) is 239 cm³/mol. The lowest BCUT2D eigenvalue weighted by Gasteiger charge is -2.26. The van der Waals surface area contributed by atoms with Crippen LogP contribution in [-0.2, 0) is 0 Å². The fourth-order valence-corrected chi connectivity index (χ4v) is 8.46. The van der Waals surface area contributed by atoms with Crippen LogP contribution in [0.1, 0.15) is 0 Å². The van der Waals surface area contributed by atoms with Gasteiger partial charge in [-0.05, 0) is 107 Å². The van der Waals surface area contributed by atoms with E-state index in [4.69, 9.17) is 4.42 Å². The lowest BCUT2D eigenvalue weighted by Crippen LogP contribution is -2.10. The Labute approximate surface area is 330 Å². The van der Waals surface area contributed by atoms with Gasteiger partial charge in [0.1, 0.15) is 11.2 Å². The Morgan fingerprint density at radius 2 is 0.789 bits per heavy atom. The van der Waals surface area contributed by atoms with Gasteiger partial charge in [0.25, 0.3) is 0 Å². The highest BCUT2D eigenvalue weighted by atomic mass is 16.3. The number of nitrogens with zero attached hydrogens (tertiary/aromatic N) is 2. The van der Waals surface area contributed by atoms with Crippen molar-refractivity contribution in [2.45, 2.75) is 0 Å². The van der Waals surface area contributed by atoms with Gasteiger partial charge in [0.2, 0.25) is 0 Å². The minimum atomic E-state index is 0.894. The van der Waals surface area contributed by atoms with Crippen LogP contribution in [0.3, 0.4) is 0 Å². The number of aromatic nitrogens is 1. The first-order valence-electron chi connectivity index (χ1n) is 19.4. The van der Waals surface area contributed by atoms with E-state index in [-0.39, 0.29) is 0 Å². The summed E-state index contributed by atoms with van der Waals surface area (Å²) in [6.07, 6.45) is 0. The molecule has 0 unspecified atom stereocenters. The van der Waals surface area contributed by atoms with Crippen LogP contribution in [0.15, 0.2) is 223 Å². The van der Waals surface area contributed by atoms with Crippen LogP contribution in [0.5, 0.6) is 0 Å². The minimum Gasteiger partial charge on any atom is -0.455 e. The van der Waals surface area contributed by atoms with Gasteiger partial charge in [0.05, 0.1) is 11.0 Å². The standard InChI is InChI=1S/C54H36N2O/c1-3-13-37(14-4-1)39-23-27-42(28-24-39)55(44-31-33-45(34-32-44)56-51-20-10-7-17-46(51)47-18-8-11-21-52(47)56)43-29-25-40(26-30-43)49-35-41(38-15-5-2-6-16-38)36-50-48-19-9-12-22-53(48)57-54(49)50/h1-36H. The van der Waals surface area contributed by atoms with Crippen molar-refractivity contribution in [3.63, 3.8) is 0 Å². The largest absolute Gasteiger partial charge is 0.455 e. The third kappa shape index (κ3) is 5.68. The normalized spacial score (nSPS) is 11.5. The third-order valence-electron chi connectivity index (χ3n) is 11.2. The van der Waals surface area contributed by atoms with Gasteiger partial charge in [-0.3, -0.25) is 0 Å². The zero-order valence-corrected chi connectivity index (χ0v) is 31.1. The topological polar surface area (TPSA) is 21.3 Å². The maximum absolute atomic E-state index is 6.58. The number of rotatable bonds is 7. The second kappa shape index (κ2) is 13.6. The van der Waals surface area contributed by atoms with Crippen LogP contribution < -0.4 is 4.90 Å². The molecule has 57 heavy (non-hydrogen) atoms. The van der Waals surface area contributed by atoms with E-state index in [9.17, 15) is 0 Å². The summed E-state index contributed by atoms with van der Waals surface area (Å²) < 4.78 is 8.94. The summed E-state index contributed by atoms with van der Waals surface area (Å²) in [5, 5.41) is 4.75. The van der Waals surface area contributed by atoms with Crippen molar-refractivity contribution in [3.8, 4) is 39.1 Å². The third-order valence-corrected chi connectivity index (χ3v) is 11.2. The van der Waals surface area contributed by atoms with Gasteiger partial charge in [0.15, 0.2) is 0 Å². The van der Waals surface area contributed by atoms with Crippen molar-refractivity contribution in [1.29, 1.82) is 0 Å². The molecule has 268 valence electrons. The smallest absolute Gasteiger partial charge is 0.143 e. The first kappa shape index (κ1) is 32.8. The van der Waals surface area contributed by atoms with Crippen LogP contribution in [0, 0.1) is 0 Å². The maximum Gasteiger partial charge on any atom is 0.143 e. The summed E-state index contributed by atoms with van der Waals surface area (Å²) >= 11 is 0. The number of hydrogen-bond acceptors (Lipinski definition) is 2. The molecule has 0 saturated carbocycles. The van der Waals surface area contributed by atoms with Crippen LogP contribution in [-0.4, -0.2) is 4.57 Å². The molecule has 11 aromatic rings. The Morgan fingerprint density at radius 3 is 1.39 bits per heavy atom. The van der Waals surface area contributed by atoms with E-state index in [1.54, 1.807) is 0 Å². The van der Waals surface area contributed by atoms with Crippen LogP contribution >= 0.6 is 0 Å². The molecule has 0 radical (unpaired) electrons. The monoisotopic (exact) mass is 728 g/mol. The second-order valence-corrected chi connectivity index (χ2v) is 14.5. The number of benzene rings is 9. The molecule has 11 rings (SSSR count). The molecular weight excluding hydrogens is 693 g/mol. The summed E-state index contributed by atoms with van der Waals surface area (Å²) in [6.45, 7) is 0. The predicted octanol–water partition coefficient (Wildman–Crippen LogP) is 15.2. The van der Waals surface area contributed by atoms with E-state index in [0.717, 1.165) is 61.4 Å². The lowest BCUT2D eigenvalue weighted by atomic mass is 9.95. The van der Waals surface area contributed by atoms with Crippen LogP contribution in [0.4, 0.5) is 17.1 Å². The highest BCUT2D eigenvalue weighted by Gasteiger charge is 2.18. The average Bonchev–Trinajstić information content (AvgIpc) is 3.84. The number of furan rings is 1. The molecule has 0 aliphatic carbocycles. The van der Waals surface area contributed by atoms with Crippen molar-refractivity contribution < 1.29 is 4.42 Å². The van der Waals surface area contributed by atoms with Crippen molar-refractivity contribution in [2.75, 3.05) is 4.90 Å². The van der Waals surface area contributed by atoms with Gasteiger partial charge in [-0.25, -0.2) is 0 Å². The van der Waals surface area contributed by atoms with Gasteiger partial charge < -0.3 is 13.9 Å². The fraction of sp³-hybridized carbons (Fsp3) is 0. The quantitative estimate of drug-likeness (QED) is 0.163. The Bertz CT molecular complexity index is 3140. The molecule has 3 nitrogen and oxygen atoms in total. The molecule has 2 heterocycles. The van der Waals surface area contributed by atoms with E-state index < -0.39 is 0 Å². The summed E-state index contributed by atoms with van der Waals surface area (Å²) in [5.74, 6) is 0. The molecule has 0 aliphatic heterocycles. The highest BCUT2D eigenvalue weighted by Crippen LogP contribution is 2.42. The molecule has 2 aromatic heterocycles. The van der Waals surface area contributed by atoms with Crippen molar-refractivity contribution in [2.24, 2.45) is 0 Å². The van der Waals surface area contributed by atoms with Crippen molar-refractivity contribution in [1.82, 2.24) is 4.57 Å². The Kier molecular flexibility index (Phi) is 7.82. The number of hydrogen-bond donors (Lipinski definition) is 0. The summed E-state index contributed by atoms with van der Waals surface area (Å²) in [5.41, 5.74) is 15.4. The Hall–Kier alpha value is -7.62. The molecule has 0 spiro atoms. The van der Waals surface area contributed by atoms with Crippen molar-refractivity contribution in [3.05, 3.63) is 218 Å². The SMILES string of the molecule is c1ccc(-c2ccc(N(c3ccc(-c4cc(-c5ccccc5)cc5c4oc4ccccc45)cc3)c3ccc(-n4c5ccccc5c5ccccc54)cc3)cc2)cc1. The number of para-hydroxylation sites is 3. The van der Waals surface area contributed by atoms with Crippen LogP contribution in [0.25, 0.3) is 82.8 Å². The highest BCUT2D eigenvalue weighted by molar-refractivity contribution is 6.12. The van der Waals surface area contributed by atoms with Gasteiger partial charge in [0, 0.05) is 49.9 Å². The molecule has 0 amide bonds.